The number of nitrogens with one attached hydrogen (secondary N) is 1. The molecule has 0 unspecified atom stereocenters. The Morgan fingerprint density at radius 3 is 2.25 bits per heavy atom. The van der Waals surface area contributed by atoms with Gasteiger partial charge >= 0.3 is 0 Å². The number of allylic oxidation sites excluding steroid dienone is 1. The van der Waals surface area contributed by atoms with E-state index in [0.717, 1.165) is 52.5 Å². The van der Waals surface area contributed by atoms with Crippen LogP contribution in [0.25, 0.3) is 17.0 Å². The first-order valence-corrected chi connectivity index (χ1v) is 14.7. The van der Waals surface area contributed by atoms with Crippen molar-refractivity contribution < 1.29 is 1.43 Å². The molecule has 1 aliphatic rings. The first kappa shape index (κ1) is 32.3. The van der Waals surface area contributed by atoms with Crippen molar-refractivity contribution in [1.29, 1.82) is 0 Å². The van der Waals surface area contributed by atoms with E-state index in [1.807, 2.05) is 39.8 Å². The minimum atomic E-state index is 0. The molecule has 0 saturated heterocycles. The van der Waals surface area contributed by atoms with Crippen LogP contribution in [-0.4, -0.2) is 15.1 Å². The summed E-state index contributed by atoms with van der Waals surface area (Å²) in [5.74, 6) is 0. The van der Waals surface area contributed by atoms with Crippen molar-refractivity contribution in [3.05, 3.63) is 113 Å². The number of aromatic nitrogens is 2. The molecule has 2 aromatic carbocycles. The Balaban J connectivity index is 0.000000969. The Morgan fingerprint density at radius 1 is 0.950 bits per heavy atom. The summed E-state index contributed by atoms with van der Waals surface area (Å²) >= 11 is 0. The Hall–Kier alpha value is -3.92. The average molecular weight is 539 g/mol. The van der Waals surface area contributed by atoms with Crippen LogP contribution in [0.3, 0.4) is 0 Å². The third kappa shape index (κ3) is 8.29. The quantitative estimate of drug-likeness (QED) is 0.265. The number of hydrogen-bond donors (Lipinski definition) is 1. The van der Waals surface area contributed by atoms with Crippen LogP contribution >= 0.6 is 0 Å². The molecule has 40 heavy (non-hydrogen) atoms. The van der Waals surface area contributed by atoms with Gasteiger partial charge in [-0.25, -0.2) is 4.98 Å². The van der Waals surface area contributed by atoms with Crippen LogP contribution < -0.4 is 5.32 Å². The Morgan fingerprint density at radius 2 is 1.60 bits per heavy atom. The number of anilines is 1. The number of imidazole rings is 1. The molecule has 4 heteroatoms. The van der Waals surface area contributed by atoms with Gasteiger partial charge in [0.25, 0.3) is 0 Å². The summed E-state index contributed by atoms with van der Waals surface area (Å²) in [6.45, 7) is 22.7. The molecule has 0 aliphatic carbocycles. The molecule has 214 valence electrons. The maximum Gasteiger partial charge on any atom is 0.137 e. The van der Waals surface area contributed by atoms with Crippen molar-refractivity contribution in [2.75, 3.05) is 5.32 Å². The van der Waals surface area contributed by atoms with Crippen LogP contribution in [0.1, 0.15) is 89.5 Å². The predicted octanol–water partition coefficient (Wildman–Crippen LogP) is 10.5. The number of rotatable bonds is 6. The molecule has 2 aromatic heterocycles. The maximum atomic E-state index is 4.97. The fourth-order valence-electron chi connectivity index (χ4n) is 4.32. The van der Waals surface area contributed by atoms with Crippen LogP contribution in [0.5, 0.6) is 0 Å². The number of pyridine rings is 1. The van der Waals surface area contributed by atoms with Crippen molar-refractivity contribution in [3.63, 3.8) is 0 Å². The summed E-state index contributed by atoms with van der Waals surface area (Å²) < 4.78 is 2.14. The zero-order valence-corrected chi connectivity index (χ0v) is 26.1. The largest absolute Gasteiger partial charge is 0.355 e. The van der Waals surface area contributed by atoms with Crippen LogP contribution in [0.15, 0.2) is 84.5 Å². The van der Waals surface area contributed by atoms with Crippen LogP contribution in [0.4, 0.5) is 5.69 Å². The monoisotopic (exact) mass is 538 g/mol. The summed E-state index contributed by atoms with van der Waals surface area (Å²) in [5.41, 5.74) is 12.0. The van der Waals surface area contributed by atoms with E-state index >= 15 is 0 Å². The van der Waals surface area contributed by atoms with Gasteiger partial charge in [0.1, 0.15) is 5.65 Å². The highest BCUT2D eigenvalue weighted by atomic mass is 15.0. The van der Waals surface area contributed by atoms with Crippen LogP contribution in [-0.2, 0) is 6.42 Å². The van der Waals surface area contributed by atoms with Gasteiger partial charge in [-0.2, -0.15) is 0 Å². The first-order chi connectivity index (χ1) is 19.4. The summed E-state index contributed by atoms with van der Waals surface area (Å²) in [4.78, 5) is 9.70. The molecule has 4 aromatic rings. The van der Waals surface area contributed by atoms with E-state index in [1.165, 1.54) is 28.8 Å². The van der Waals surface area contributed by atoms with Gasteiger partial charge < -0.3 is 5.32 Å². The van der Waals surface area contributed by atoms with Crippen molar-refractivity contribution in [1.82, 2.24) is 9.38 Å². The highest BCUT2D eigenvalue weighted by Crippen LogP contribution is 2.28. The van der Waals surface area contributed by atoms with E-state index in [4.69, 9.17) is 9.98 Å². The lowest BCUT2D eigenvalue weighted by molar-refractivity contribution is 1.09. The van der Waals surface area contributed by atoms with Gasteiger partial charge in [0.05, 0.1) is 17.1 Å². The van der Waals surface area contributed by atoms with Crippen molar-refractivity contribution in [3.8, 4) is 0 Å². The predicted molar refractivity (Wildman–Crippen MR) is 179 cm³/mol. The minimum Gasteiger partial charge on any atom is -0.355 e. The molecule has 0 bridgehead atoms. The van der Waals surface area contributed by atoms with E-state index in [-0.39, 0.29) is 1.43 Å². The zero-order chi connectivity index (χ0) is 29.7. The Kier molecular flexibility index (Phi) is 13.1. The molecule has 0 radical (unpaired) electrons. The van der Waals surface area contributed by atoms with E-state index in [9.17, 15) is 0 Å². The first-order valence-electron chi connectivity index (χ1n) is 14.7. The molecular formula is C36H50N4. The van der Waals surface area contributed by atoms with Gasteiger partial charge in [0.15, 0.2) is 0 Å². The van der Waals surface area contributed by atoms with Crippen LogP contribution in [0.2, 0.25) is 0 Å². The fourth-order valence-corrected chi connectivity index (χ4v) is 4.32. The highest BCUT2D eigenvalue weighted by Gasteiger charge is 2.18. The number of para-hydroxylation sites is 1. The lowest BCUT2D eigenvalue weighted by Crippen LogP contribution is -2.01. The number of aliphatic imine (C=N–C) groups is 1. The molecule has 0 amide bonds. The molecule has 5 rings (SSSR count). The molecule has 0 fully saturated rings. The van der Waals surface area contributed by atoms with Crippen molar-refractivity contribution >= 4 is 28.4 Å². The third-order valence-electron chi connectivity index (χ3n) is 6.15. The van der Waals surface area contributed by atoms with Gasteiger partial charge in [0.2, 0.25) is 0 Å². The number of aryl methyl sites for hydroxylation is 3. The SMILES string of the molecule is C=C(Nc1ccccc1C)c1ccc(CC2=NC(c3c(C)nc4cc(C)ccn34)=CC2)cc1.CC.CC.CCC.[HH]. The summed E-state index contributed by atoms with van der Waals surface area (Å²) in [6.07, 6.45) is 7.27. The fraction of sp³-hybridized carbons (Fsp3) is 0.333. The van der Waals surface area contributed by atoms with Crippen LogP contribution in [0, 0.1) is 20.8 Å². The van der Waals surface area contributed by atoms with E-state index in [1.54, 1.807) is 0 Å². The molecule has 0 saturated carbocycles. The summed E-state index contributed by atoms with van der Waals surface area (Å²) in [6, 6.07) is 21.1. The van der Waals surface area contributed by atoms with E-state index < -0.39 is 0 Å². The number of nitrogens with zero attached hydrogens (tertiary/aromatic N) is 3. The lowest BCUT2D eigenvalue weighted by atomic mass is 10.0. The Bertz CT molecular complexity index is 1440. The second kappa shape index (κ2) is 16.2. The second-order valence-corrected chi connectivity index (χ2v) is 9.45. The molecule has 0 atom stereocenters. The van der Waals surface area contributed by atoms with Gasteiger partial charge in [-0.15, -0.1) is 0 Å². The zero-order valence-electron chi connectivity index (χ0n) is 26.1. The normalized spacial score (nSPS) is 11.6. The van der Waals surface area contributed by atoms with Gasteiger partial charge in [-0.05, 0) is 61.2 Å². The molecule has 1 N–H and O–H groups in total. The lowest BCUT2D eigenvalue weighted by Gasteiger charge is -2.12. The molecule has 3 heterocycles. The number of benzene rings is 2. The van der Waals surface area contributed by atoms with Crippen molar-refractivity contribution in [2.24, 2.45) is 4.99 Å². The highest BCUT2D eigenvalue weighted by molar-refractivity contribution is 5.97. The van der Waals surface area contributed by atoms with Gasteiger partial charge in [0, 0.05) is 37.6 Å². The molecular weight excluding hydrogens is 488 g/mol. The minimum absolute atomic E-state index is 0. The third-order valence-corrected chi connectivity index (χ3v) is 6.15. The summed E-state index contributed by atoms with van der Waals surface area (Å²) in [5, 5.41) is 3.43. The smallest absolute Gasteiger partial charge is 0.137 e. The van der Waals surface area contributed by atoms with Gasteiger partial charge in [-0.1, -0.05) is 103 Å². The maximum absolute atomic E-state index is 4.97. The molecule has 0 spiro atoms. The number of fused-ring (bicyclic) bond motifs is 1. The molecule has 4 nitrogen and oxygen atoms in total. The topological polar surface area (TPSA) is 41.7 Å². The number of hydrogen-bond acceptors (Lipinski definition) is 3. The van der Waals surface area contributed by atoms with Gasteiger partial charge in [-0.3, -0.25) is 9.39 Å². The van der Waals surface area contributed by atoms with Crippen molar-refractivity contribution in [2.45, 2.75) is 81.6 Å². The average Bonchev–Trinajstić information content (AvgIpc) is 3.55. The second-order valence-electron chi connectivity index (χ2n) is 9.45. The standard InChI is InChI=1S/C29H28N4.C3H8.2C2H6.H2/c1-19-15-16-33-28(17-19)31-22(4)29(33)27-14-13-25(32-27)18-23-9-11-24(12-10-23)21(3)30-26-8-6-5-7-20(26)2;1-3-2;2*1-2;/h5-12,14-17,30H,3,13,18H2,1-2,4H3;3H2,1-2H3;2*1-2H3;1H. The molecule has 1 aliphatic heterocycles. The van der Waals surface area contributed by atoms with E-state index in [2.05, 4.69) is 112 Å². The van der Waals surface area contributed by atoms with E-state index in [0.29, 0.717) is 0 Å². The summed E-state index contributed by atoms with van der Waals surface area (Å²) in [7, 11) is 0. The Labute approximate surface area is 244 Å².